The van der Waals surface area contributed by atoms with E-state index in [2.05, 4.69) is 13.8 Å². The summed E-state index contributed by atoms with van der Waals surface area (Å²) in [5.41, 5.74) is -0.126. The zero-order chi connectivity index (χ0) is 25.3. The minimum atomic E-state index is -2.10. The minimum Gasteiger partial charge on any atom is -0.432 e. The predicted molar refractivity (Wildman–Crippen MR) is 145 cm³/mol. The van der Waals surface area contributed by atoms with Crippen LogP contribution in [0.3, 0.4) is 0 Å². The molecule has 0 aliphatic carbocycles. The Morgan fingerprint density at radius 2 is 1.32 bits per heavy atom. The van der Waals surface area contributed by atoms with Crippen LogP contribution in [0.15, 0.2) is 12.2 Å². The molecule has 0 saturated carbocycles. The van der Waals surface area contributed by atoms with Crippen molar-refractivity contribution in [2.45, 2.75) is 135 Å². The van der Waals surface area contributed by atoms with E-state index in [-0.39, 0.29) is 18.1 Å². The lowest BCUT2D eigenvalue weighted by molar-refractivity contribution is 0.0450. The van der Waals surface area contributed by atoms with E-state index >= 15 is 0 Å². The number of carbonyl (C=O) groups is 1. The SMILES string of the molecule is [CH2]C=CC(CCCOCCCCCCCCCCCCCCCC)[PH](=O)COC(=O)OC(C)C. The molecular weight excluding hydrogens is 447 g/mol. The molecule has 5 nitrogen and oxygen atoms in total. The number of allylic oxidation sites excluding steroid dienone is 2. The molecule has 0 heterocycles. The second-order valence-electron chi connectivity index (χ2n) is 9.56. The van der Waals surface area contributed by atoms with Gasteiger partial charge in [-0.15, -0.1) is 0 Å². The quantitative estimate of drug-likeness (QED) is 0.0749. The normalized spacial score (nSPS) is 13.4. The summed E-state index contributed by atoms with van der Waals surface area (Å²) < 4.78 is 28.1. The van der Waals surface area contributed by atoms with Crippen molar-refractivity contribution in [3.63, 3.8) is 0 Å². The van der Waals surface area contributed by atoms with Crippen LogP contribution in [0.25, 0.3) is 0 Å². The first-order valence-electron chi connectivity index (χ1n) is 13.9. The van der Waals surface area contributed by atoms with Gasteiger partial charge in [-0.2, -0.15) is 0 Å². The van der Waals surface area contributed by atoms with Gasteiger partial charge in [0.05, 0.1) is 6.10 Å². The van der Waals surface area contributed by atoms with Gasteiger partial charge in [0.1, 0.15) is 14.1 Å². The van der Waals surface area contributed by atoms with Gasteiger partial charge >= 0.3 is 6.16 Å². The van der Waals surface area contributed by atoms with Crippen molar-refractivity contribution >= 4 is 14.0 Å². The molecule has 2 atom stereocenters. The van der Waals surface area contributed by atoms with E-state index < -0.39 is 14.0 Å². The van der Waals surface area contributed by atoms with Gasteiger partial charge in [-0.05, 0) is 40.0 Å². The number of ether oxygens (including phenoxy) is 3. The molecule has 0 aromatic carbocycles. The number of rotatable bonds is 24. The summed E-state index contributed by atoms with van der Waals surface area (Å²) in [6, 6.07) is 0. The van der Waals surface area contributed by atoms with Crippen molar-refractivity contribution in [1.29, 1.82) is 0 Å². The van der Waals surface area contributed by atoms with Crippen molar-refractivity contribution < 1.29 is 23.6 Å². The fraction of sp³-hybridized carbons (Fsp3) is 0.857. The van der Waals surface area contributed by atoms with Crippen LogP contribution in [-0.2, 0) is 18.8 Å². The molecule has 201 valence electrons. The third kappa shape index (κ3) is 23.0. The fourth-order valence-electron chi connectivity index (χ4n) is 3.90. The van der Waals surface area contributed by atoms with Gasteiger partial charge in [-0.25, -0.2) is 4.79 Å². The number of unbranched alkanes of at least 4 members (excludes halogenated alkanes) is 13. The Hall–Kier alpha value is -0.800. The van der Waals surface area contributed by atoms with Crippen LogP contribution in [0.5, 0.6) is 0 Å². The molecule has 1 radical (unpaired) electrons. The van der Waals surface area contributed by atoms with E-state index in [9.17, 15) is 9.36 Å². The van der Waals surface area contributed by atoms with E-state index in [1.54, 1.807) is 19.9 Å². The summed E-state index contributed by atoms with van der Waals surface area (Å²) in [6.07, 6.45) is 23.0. The van der Waals surface area contributed by atoms with Gasteiger partial charge in [0.2, 0.25) is 0 Å². The number of hydrogen-bond donors (Lipinski definition) is 0. The van der Waals surface area contributed by atoms with Gasteiger partial charge in [0, 0.05) is 18.9 Å². The Morgan fingerprint density at radius 1 is 0.824 bits per heavy atom. The third-order valence-electron chi connectivity index (χ3n) is 5.89. The number of carbonyl (C=O) groups excluding carboxylic acids is 1. The van der Waals surface area contributed by atoms with Crippen LogP contribution in [0, 0.1) is 6.92 Å². The maximum absolute atomic E-state index is 12.5. The van der Waals surface area contributed by atoms with Crippen LogP contribution >= 0.6 is 7.80 Å². The molecule has 0 aromatic rings. The second-order valence-corrected chi connectivity index (χ2v) is 11.5. The summed E-state index contributed by atoms with van der Waals surface area (Å²) in [5, 5.41) is 0. The molecule has 0 N–H and O–H groups in total. The lowest BCUT2D eigenvalue weighted by Crippen LogP contribution is -2.14. The van der Waals surface area contributed by atoms with Crippen LogP contribution in [0.2, 0.25) is 0 Å². The molecule has 2 unspecified atom stereocenters. The van der Waals surface area contributed by atoms with Crippen LogP contribution < -0.4 is 0 Å². The molecule has 0 spiro atoms. The maximum Gasteiger partial charge on any atom is 0.508 e. The van der Waals surface area contributed by atoms with Gasteiger partial charge in [-0.1, -0.05) is 103 Å². The predicted octanol–water partition coefficient (Wildman–Crippen LogP) is 9.10. The van der Waals surface area contributed by atoms with E-state index in [1.165, 1.54) is 83.5 Å². The molecule has 0 aliphatic heterocycles. The molecule has 0 amide bonds. The maximum atomic E-state index is 12.5. The summed E-state index contributed by atoms with van der Waals surface area (Å²) >= 11 is 0. The van der Waals surface area contributed by atoms with Crippen LogP contribution in [0.1, 0.15) is 124 Å². The average Bonchev–Trinajstić information content (AvgIpc) is 2.80. The van der Waals surface area contributed by atoms with Gasteiger partial charge in [-0.3, -0.25) is 0 Å². The lowest BCUT2D eigenvalue weighted by atomic mass is 10.0. The topological polar surface area (TPSA) is 61.8 Å². The summed E-state index contributed by atoms with van der Waals surface area (Å²) in [6.45, 7) is 10.9. The minimum absolute atomic E-state index is 0.0921. The zero-order valence-corrected chi connectivity index (χ0v) is 23.5. The molecule has 0 aromatic heterocycles. The smallest absolute Gasteiger partial charge is 0.432 e. The van der Waals surface area contributed by atoms with Crippen molar-refractivity contribution in [2.24, 2.45) is 0 Å². The van der Waals surface area contributed by atoms with Crippen molar-refractivity contribution in [1.82, 2.24) is 0 Å². The largest absolute Gasteiger partial charge is 0.508 e. The molecule has 6 heteroatoms. The highest BCUT2D eigenvalue weighted by Gasteiger charge is 2.16. The summed E-state index contributed by atoms with van der Waals surface area (Å²) in [4.78, 5) is 11.5. The Kier molecular flexibility index (Phi) is 24.7. The van der Waals surface area contributed by atoms with Crippen molar-refractivity contribution in [2.75, 3.05) is 19.6 Å². The standard InChI is InChI=1S/C28H54O5P/c1-5-7-8-9-10-11-12-13-14-15-16-17-18-19-23-31-24-20-22-27(21-6-2)34(30)25-32-28(29)33-26(3)4/h6,21,26-27,34H,2,5,7-20,22-25H2,1,3-4H3. The molecule has 0 rings (SSSR count). The van der Waals surface area contributed by atoms with Gasteiger partial charge in [0.15, 0.2) is 0 Å². The Balaban J connectivity index is 3.55. The van der Waals surface area contributed by atoms with Crippen LogP contribution in [-0.4, -0.2) is 37.5 Å². The highest BCUT2D eigenvalue weighted by atomic mass is 31.1. The first-order chi connectivity index (χ1) is 16.5. The molecule has 0 bridgehead atoms. The van der Waals surface area contributed by atoms with Crippen LogP contribution in [0.4, 0.5) is 4.79 Å². The monoisotopic (exact) mass is 501 g/mol. The summed E-state index contributed by atoms with van der Waals surface area (Å²) in [5.74, 6) is 0. The number of hydrogen-bond acceptors (Lipinski definition) is 5. The van der Waals surface area contributed by atoms with E-state index in [0.717, 1.165) is 25.9 Å². The Bertz CT molecular complexity index is 507. The second kappa shape index (κ2) is 25.3. The molecule has 0 fully saturated rings. The third-order valence-corrected chi connectivity index (χ3v) is 7.63. The zero-order valence-electron chi connectivity index (χ0n) is 22.5. The highest BCUT2D eigenvalue weighted by Crippen LogP contribution is 2.32. The van der Waals surface area contributed by atoms with Crippen molar-refractivity contribution in [3.05, 3.63) is 19.1 Å². The first-order valence-corrected chi connectivity index (χ1v) is 15.6. The Labute approximate surface area is 211 Å². The van der Waals surface area contributed by atoms with E-state index in [1.807, 2.05) is 6.08 Å². The Morgan fingerprint density at radius 3 is 1.82 bits per heavy atom. The average molecular weight is 502 g/mol. The van der Waals surface area contributed by atoms with Gasteiger partial charge < -0.3 is 18.8 Å². The first kappa shape index (κ1) is 33.2. The summed E-state index contributed by atoms with van der Waals surface area (Å²) in [7, 11) is -2.10. The molecule has 0 saturated heterocycles. The van der Waals surface area contributed by atoms with Crippen molar-refractivity contribution in [3.8, 4) is 0 Å². The molecule has 0 aliphatic rings. The highest BCUT2D eigenvalue weighted by molar-refractivity contribution is 7.45. The fourth-order valence-corrected chi connectivity index (χ4v) is 5.25. The van der Waals surface area contributed by atoms with E-state index in [4.69, 9.17) is 14.2 Å². The van der Waals surface area contributed by atoms with E-state index in [0.29, 0.717) is 6.61 Å². The molecule has 34 heavy (non-hydrogen) atoms. The van der Waals surface area contributed by atoms with Gasteiger partial charge in [0.25, 0.3) is 0 Å². The molecular formula is C28H54O5P. The lowest BCUT2D eigenvalue weighted by Gasteiger charge is -2.14.